The lowest BCUT2D eigenvalue weighted by atomic mass is 10.1. The summed E-state index contributed by atoms with van der Waals surface area (Å²) in [5.74, 6) is 0.467. The van der Waals surface area contributed by atoms with E-state index >= 15 is 0 Å². The van der Waals surface area contributed by atoms with Crippen molar-refractivity contribution < 1.29 is 9.47 Å². The van der Waals surface area contributed by atoms with Crippen molar-refractivity contribution in [3.05, 3.63) is 22.2 Å². The van der Waals surface area contributed by atoms with Crippen molar-refractivity contribution >= 4 is 28.9 Å². The lowest BCUT2D eigenvalue weighted by molar-refractivity contribution is 0.00547. The van der Waals surface area contributed by atoms with E-state index in [4.69, 9.17) is 38.4 Å². The minimum absolute atomic E-state index is 0.229. The molecule has 0 aliphatic heterocycles. The second-order valence-electron chi connectivity index (χ2n) is 4.38. The molecule has 0 aromatic heterocycles. The Morgan fingerprint density at radius 1 is 1.24 bits per heavy atom. The van der Waals surface area contributed by atoms with Gasteiger partial charge in [-0.05, 0) is 26.0 Å². The molecule has 2 N–H and O–H groups in total. The lowest BCUT2D eigenvalue weighted by Crippen LogP contribution is -2.25. The summed E-state index contributed by atoms with van der Waals surface area (Å²) in [5, 5.41) is 0.843. The van der Waals surface area contributed by atoms with Gasteiger partial charge in [-0.15, -0.1) is 0 Å². The van der Waals surface area contributed by atoms with E-state index in [1.807, 2.05) is 13.8 Å². The van der Waals surface area contributed by atoms with Gasteiger partial charge < -0.3 is 15.2 Å². The van der Waals surface area contributed by atoms with Gasteiger partial charge in [0.25, 0.3) is 0 Å². The number of rotatable bonds is 5. The third-order valence-corrected chi connectivity index (χ3v) is 3.09. The van der Waals surface area contributed by atoms with Gasteiger partial charge in [-0.2, -0.15) is 0 Å². The molecule has 5 heteroatoms. The topological polar surface area (TPSA) is 44.5 Å². The molecule has 1 aromatic rings. The van der Waals surface area contributed by atoms with Gasteiger partial charge in [-0.1, -0.05) is 23.2 Å². The molecule has 1 rings (SSSR count). The average molecular weight is 278 g/mol. The maximum Gasteiger partial charge on any atom is 0.156 e. The normalized spacial score (nSPS) is 11.6. The maximum atomic E-state index is 6.00. The van der Waals surface area contributed by atoms with Gasteiger partial charge in [0.05, 0.1) is 22.3 Å². The van der Waals surface area contributed by atoms with Gasteiger partial charge in [0.15, 0.2) is 5.75 Å². The van der Waals surface area contributed by atoms with Gasteiger partial charge in [-0.25, -0.2) is 0 Å². The largest absolute Gasteiger partial charge is 0.490 e. The highest BCUT2D eigenvalue weighted by Gasteiger charge is 2.17. The summed E-state index contributed by atoms with van der Waals surface area (Å²) in [6.07, 6.45) is 0.737. The Balaban J connectivity index is 2.64. The number of nitrogens with two attached hydrogens (primary N) is 1. The molecule has 0 saturated heterocycles. The molecule has 0 bridgehead atoms. The van der Waals surface area contributed by atoms with E-state index in [-0.39, 0.29) is 5.60 Å². The van der Waals surface area contributed by atoms with Crippen molar-refractivity contribution in [1.82, 2.24) is 0 Å². The van der Waals surface area contributed by atoms with Crippen LogP contribution in [0.5, 0.6) is 5.75 Å². The van der Waals surface area contributed by atoms with E-state index in [0.29, 0.717) is 28.1 Å². The Morgan fingerprint density at radius 3 is 2.24 bits per heavy atom. The first-order valence-electron chi connectivity index (χ1n) is 5.28. The molecule has 1 aromatic carbocycles. The molecule has 0 heterocycles. The van der Waals surface area contributed by atoms with Crippen LogP contribution < -0.4 is 10.5 Å². The van der Waals surface area contributed by atoms with E-state index in [1.54, 1.807) is 19.2 Å². The van der Waals surface area contributed by atoms with E-state index in [0.717, 1.165) is 6.42 Å². The molecule has 0 fully saturated rings. The molecule has 0 atom stereocenters. The zero-order valence-corrected chi connectivity index (χ0v) is 11.7. The second-order valence-corrected chi connectivity index (χ2v) is 5.19. The van der Waals surface area contributed by atoms with Crippen molar-refractivity contribution in [1.29, 1.82) is 0 Å². The van der Waals surface area contributed by atoms with Crippen LogP contribution in [0.2, 0.25) is 10.0 Å². The molecule has 0 saturated carbocycles. The molecule has 96 valence electrons. The molecule has 0 aliphatic rings. The van der Waals surface area contributed by atoms with Crippen LogP contribution in [0.3, 0.4) is 0 Å². The van der Waals surface area contributed by atoms with Gasteiger partial charge in [0, 0.05) is 19.2 Å². The molecule has 0 radical (unpaired) electrons. The van der Waals surface area contributed by atoms with Crippen LogP contribution in [0.25, 0.3) is 0 Å². The van der Waals surface area contributed by atoms with Crippen molar-refractivity contribution in [2.24, 2.45) is 0 Å². The molecular formula is C12H17Cl2NO2. The van der Waals surface area contributed by atoms with Gasteiger partial charge >= 0.3 is 0 Å². The number of nitrogen functional groups attached to an aromatic ring is 1. The SMILES string of the molecule is COC(C)(C)CCOc1c(Cl)cc(N)cc1Cl. The number of anilines is 1. The summed E-state index contributed by atoms with van der Waals surface area (Å²) in [7, 11) is 1.67. The fraction of sp³-hybridized carbons (Fsp3) is 0.500. The highest BCUT2D eigenvalue weighted by atomic mass is 35.5. The van der Waals surface area contributed by atoms with Crippen LogP contribution in [0.15, 0.2) is 12.1 Å². The first-order chi connectivity index (χ1) is 7.85. The standard InChI is InChI=1S/C12H17Cl2NO2/c1-12(2,16-3)4-5-17-11-9(13)6-8(15)7-10(11)14/h6-7H,4-5,15H2,1-3H3. The third-order valence-electron chi connectivity index (χ3n) is 2.52. The van der Waals surface area contributed by atoms with Gasteiger partial charge in [0.1, 0.15) is 0 Å². The van der Waals surface area contributed by atoms with Crippen LogP contribution in [-0.4, -0.2) is 19.3 Å². The maximum absolute atomic E-state index is 6.00. The highest BCUT2D eigenvalue weighted by molar-refractivity contribution is 6.37. The van der Waals surface area contributed by atoms with Crippen LogP contribution >= 0.6 is 23.2 Å². The summed E-state index contributed by atoms with van der Waals surface area (Å²) >= 11 is 12.0. The quantitative estimate of drug-likeness (QED) is 0.834. The van der Waals surface area contributed by atoms with E-state index in [2.05, 4.69) is 0 Å². The minimum Gasteiger partial charge on any atom is -0.490 e. The average Bonchev–Trinajstić information content (AvgIpc) is 2.22. The van der Waals surface area contributed by atoms with Crippen molar-refractivity contribution in [2.75, 3.05) is 19.5 Å². The summed E-state index contributed by atoms with van der Waals surface area (Å²) in [6.45, 7) is 4.45. The van der Waals surface area contributed by atoms with Crippen LogP contribution in [0.1, 0.15) is 20.3 Å². The first kappa shape index (κ1) is 14.4. The number of methoxy groups -OCH3 is 1. The van der Waals surface area contributed by atoms with Crippen molar-refractivity contribution in [3.63, 3.8) is 0 Å². The molecular weight excluding hydrogens is 261 g/mol. The fourth-order valence-electron chi connectivity index (χ4n) is 1.22. The van der Waals surface area contributed by atoms with Gasteiger partial charge in [-0.3, -0.25) is 0 Å². The Bertz CT molecular complexity index is 371. The number of hydrogen-bond acceptors (Lipinski definition) is 3. The predicted molar refractivity (Wildman–Crippen MR) is 72.1 cm³/mol. The second kappa shape index (κ2) is 5.80. The predicted octanol–water partition coefficient (Wildman–Crippen LogP) is 3.77. The smallest absolute Gasteiger partial charge is 0.156 e. The Kier molecular flexibility index (Phi) is 4.92. The summed E-state index contributed by atoms with van der Waals surface area (Å²) in [6, 6.07) is 3.23. The van der Waals surface area contributed by atoms with E-state index < -0.39 is 0 Å². The minimum atomic E-state index is -0.229. The zero-order valence-electron chi connectivity index (χ0n) is 10.2. The van der Waals surface area contributed by atoms with Crippen LogP contribution in [0, 0.1) is 0 Å². The molecule has 0 spiro atoms. The van der Waals surface area contributed by atoms with E-state index in [1.165, 1.54) is 0 Å². The fourth-order valence-corrected chi connectivity index (χ4v) is 1.83. The Morgan fingerprint density at radius 2 is 1.76 bits per heavy atom. The Hall–Kier alpha value is -0.640. The first-order valence-corrected chi connectivity index (χ1v) is 6.04. The number of benzene rings is 1. The highest BCUT2D eigenvalue weighted by Crippen LogP contribution is 2.35. The van der Waals surface area contributed by atoms with E-state index in [9.17, 15) is 0 Å². The molecule has 3 nitrogen and oxygen atoms in total. The van der Waals surface area contributed by atoms with Gasteiger partial charge in [0.2, 0.25) is 0 Å². The third kappa shape index (κ3) is 4.26. The summed E-state index contributed by atoms with van der Waals surface area (Å²) < 4.78 is 10.9. The summed E-state index contributed by atoms with van der Waals surface area (Å²) in [5.41, 5.74) is 5.89. The van der Waals surface area contributed by atoms with Crippen LogP contribution in [0.4, 0.5) is 5.69 Å². The lowest BCUT2D eigenvalue weighted by Gasteiger charge is -2.23. The number of ether oxygens (including phenoxy) is 2. The number of hydrogen-bond donors (Lipinski definition) is 1. The zero-order chi connectivity index (χ0) is 13.1. The molecule has 0 unspecified atom stereocenters. The number of halogens is 2. The Labute approximate surface area is 112 Å². The van der Waals surface area contributed by atoms with Crippen molar-refractivity contribution in [2.45, 2.75) is 25.9 Å². The molecule has 17 heavy (non-hydrogen) atoms. The monoisotopic (exact) mass is 277 g/mol. The van der Waals surface area contributed by atoms with Crippen LogP contribution in [-0.2, 0) is 4.74 Å². The summed E-state index contributed by atoms with van der Waals surface area (Å²) in [4.78, 5) is 0. The molecule has 0 amide bonds. The van der Waals surface area contributed by atoms with Crippen molar-refractivity contribution in [3.8, 4) is 5.75 Å². The molecule has 0 aliphatic carbocycles.